The summed E-state index contributed by atoms with van der Waals surface area (Å²) in [7, 11) is 0. The van der Waals surface area contributed by atoms with E-state index >= 15 is 0 Å². The smallest absolute Gasteiger partial charge is 0.307 e. The fourth-order valence-corrected chi connectivity index (χ4v) is 2.57. The first-order chi connectivity index (χ1) is 10.4. The summed E-state index contributed by atoms with van der Waals surface area (Å²) in [5.74, 6) is 4.84. The van der Waals surface area contributed by atoms with E-state index in [-0.39, 0.29) is 18.2 Å². The molecule has 1 atom stereocenters. The number of anilines is 1. The number of carbonyl (C=O) groups is 1. The average molecular weight is 307 g/mol. The molecule has 1 aliphatic rings. The summed E-state index contributed by atoms with van der Waals surface area (Å²) in [6, 6.07) is 3.72. The first-order valence-corrected chi connectivity index (χ1v) is 7.37. The Balaban J connectivity index is 0.000000255. The van der Waals surface area contributed by atoms with Gasteiger partial charge in [0, 0.05) is 12.6 Å². The molecule has 1 fully saturated rings. The van der Waals surface area contributed by atoms with E-state index in [0.29, 0.717) is 5.82 Å². The summed E-state index contributed by atoms with van der Waals surface area (Å²) in [6.45, 7) is 1.98. The molecule has 1 aromatic heterocycles. The number of rotatable bonds is 4. The minimum Gasteiger partial charge on any atom is -0.481 e. The van der Waals surface area contributed by atoms with E-state index in [1.807, 2.05) is 13.0 Å². The monoisotopic (exact) mass is 307 g/mol. The number of nitrogens with two attached hydrogens (primary N) is 3. The maximum Gasteiger partial charge on any atom is 0.307 e. The van der Waals surface area contributed by atoms with E-state index in [0.717, 1.165) is 31.2 Å². The Morgan fingerprint density at radius 2 is 2.09 bits per heavy atom. The van der Waals surface area contributed by atoms with Crippen LogP contribution in [0.4, 0.5) is 5.82 Å². The maximum atomic E-state index is 11.0. The van der Waals surface area contributed by atoms with Gasteiger partial charge >= 0.3 is 5.97 Å². The van der Waals surface area contributed by atoms with Crippen molar-refractivity contribution >= 4 is 17.6 Å². The van der Waals surface area contributed by atoms with Gasteiger partial charge in [-0.25, -0.2) is 4.98 Å². The van der Waals surface area contributed by atoms with Gasteiger partial charge in [0.2, 0.25) is 0 Å². The number of hydrazone groups is 1. The number of aromatic nitrogens is 1. The summed E-state index contributed by atoms with van der Waals surface area (Å²) in [6.07, 6.45) is 6.22. The Hall–Kier alpha value is -2.31. The lowest BCUT2D eigenvalue weighted by Crippen LogP contribution is -2.28. The second-order valence-electron chi connectivity index (χ2n) is 5.57. The highest BCUT2D eigenvalue weighted by Gasteiger charge is 2.31. The molecular weight excluding hydrogens is 282 g/mol. The van der Waals surface area contributed by atoms with Gasteiger partial charge in [-0.1, -0.05) is 18.9 Å². The molecule has 7 nitrogen and oxygen atoms in total. The third-order valence-corrected chi connectivity index (χ3v) is 3.82. The number of aliphatic carboxylic acids is 1. The predicted molar refractivity (Wildman–Crippen MR) is 86.9 cm³/mol. The average Bonchev–Trinajstić information content (AvgIpc) is 3.01. The van der Waals surface area contributed by atoms with Crippen LogP contribution in [0.2, 0.25) is 0 Å². The molecule has 1 unspecified atom stereocenters. The number of hydrogen-bond acceptors (Lipinski definition) is 5. The Kier molecular flexibility index (Phi) is 7.15. The normalized spacial score (nSPS) is 16.7. The fourth-order valence-electron chi connectivity index (χ4n) is 2.57. The molecule has 0 bridgehead atoms. The van der Waals surface area contributed by atoms with Crippen LogP contribution in [-0.4, -0.2) is 21.9 Å². The van der Waals surface area contributed by atoms with E-state index in [9.17, 15) is 4.79 Å². The Bertz CT molecular complexity index is 474. The quantitative estimate of drug-likeness (QED) is 0.287. The topological polar surface area (TPSA) is 141 Å². The molecule has 0 saturated heterocycles. The van der Waals surface area contributed by atoms with Gasteiger partial charge < -0.3 is 22.4 Å². The highest BCUT2D eigenvalue weighted by molar-refractivity contribution is 5.85. The number of pyridine rings is 1. The standard InChI is InChI=1S/C9H17N3O2.C6H8N2/c10-8(12-11)5-7(9(13)14)6-3-1-2-4-6;1-5-2-3-6(7)8-4-5/h6-7H,1-5,11H2,(H2,10,12)(H,13,14);2-4H,1H3,(H2,7,8). The van der Waals surface area contributed by atoms with Crippen LogP contribution in [-0.2, 0) is 4.79 Å². The van der Waals surface area contributed by atoms with Crippen molar-refractivity contribution in [1.82, 2.24) is 4.98 Å². The molecule has 122 valence electrons. The number of hydrogen-bond donors (Lipinski definition) is 4. The van der Waals surface area contributed by atoms with Gasteiger partial charge in [-0.15, -0.1) is 0 Å². The van der Waals surface area contributed by atoms with Gasteiger partial charge in [-0.2, -0.15) is 5.10 Å². The molecule has 1 saturated carbocycles. The van der Waals surface area contributed by atoms with Crippen molar-refractivity contribution < 1.29 is 9.90 Å². The van der Waals surface area contributed by atoms with Crippen LogP contribution in [0, 0.1) is 18.8 Å². The SMILES string of the molecule is Cc1ccc(N)nc1.N/N=C(\N)CC(C(=O)O)C1CCCC1. The molecular formula is C15H25N5O2. The Morgan fingerprint density at radius 3 is 2.50 bits per heavy atom. The number of carboxylic acid groups (broad SMARTS) is 1. The van der Waals surface area contributed by atoms with E-state index in [1.54, 1.807) is 12.3 Å². The van der Waals surface area contributed by atoms with Gasteiger partial charge in [-0.05, 0) is 37.3 Å². The second kappa shape index (κ2) is 8.86. The van der Waals surface area contributed by atoms with Gasteiger partial charge in [0.15, 0.2) is 0 Å². The molecule has 0 aliphatic heterocycles. The van der Waals surface area contributed by atoms with E-state index in [2.05, 4.69) is 10.1 Å². The van der Waals surface area contributed by atoms with Crippen LogP contribution in [0.1, 0.15) is 37.7 Å². The van der Waals surface area contributed by atoms with Gasteiger partial charge in [0.1, 0.15) is 11.7 Å². The highest BCUT2D eigenvalue weighted by atomic mass is 16.4. The third kappa shape index (κ3) is 5.99. The lowest BCUT2D eigenvalue weighted by molar-refractivity contribution is -0.143. The summed E-state index contributed by atoms with van der Waals surface area (Å²) in [5.41, 5.74) is 11.9. The molecule has 22 heavy (non-hydrogen) atoms. The zero-order chi connectivity index (χ0) is 16.5. The zero-order valence-electron chi connectivity index (χ0n) is 12.9. The lowest BCUT2D eigenvalue weighted by Gasteiger charge is -2.18. The van der Waals surface area contributed by atoms with Crippen molar-refractivity contribution in [2.45, 2.75) is 39.0 Å². The molecule has 1 aliphatic carbocycles. The molecule has 0 aromatic carbocycles. The summed E-state index contributed by atoms with van der Waals surface area (Å²) < 4.78 is 0. The molecule has 7 N–H and O–H groups in total. The van der Waals surface area contributed by atoms with Crippen molar-refractivity contribution in [2.24, 2.45) is 28.5 Å². The third-order valence-electron chi connectivity index (χ3n) is 3.82. The van der Waals surface area contributed by atoms with E-state index in [4.69, 9.17) is 22.4 Å². The largest absolute Gasteiger partial charge is 0.481 e. The summed E-state index contributed by atoms with van der Waals surface area (Å²) in [4.78, 5) is 14.8. The van der Waals surface area contributed by atoms with Crippen molar-refractivity contribution in [3.63, 3.8) is 0 Å². The summed E-state index contributed by atoms with van der Waals surface area (Å²) >= 11 is 0. The number of carboxylic acids is 1. The lowest BCUT2D eigenvalue weighted by atomic mass is 9.88. The Labute approximate surface area is 130 Å². The molecule has 0 amide bonds. The Morgan fingerprint density at radius 1 is 1.45 bits per heavy atom. The summed E-state index contributed by atoms with van der Waals surface area (Å²) in [5, 5.41) is 12.3. The van der Waals surface area contributed by atoms with Crippen LogP contribution in [0.15, 0.2) is 23.4 Å². The first-order valence-electron chi connectivity index (χ1n) is 7.37. The van der Waals surface area contributed by atoms with Crippen LogP contribution in [0.5, 0.6) is 0 Å². The second-order valence-corrected chi connectivity index (χ2v) is 5.57. The van der Waals surface area contributed by atoms with Crippen LogP contribution < -0.4 is 17.3 Å². The number of amidine groups is 1. The number of nitrogen functional groups attached to an aromatic ring is 1. The van der Waals surface area contributed by atoms with Gasteiger partial charge in [0.05, 0.1) is 5.92 Å². The molecule has 1 heterocycles. The molecule has 1 aromatic rings. The highest BCUT2D eigenvalue weighted by Crippen LogP contribution is 2.33. The van der Waals surface area contributed by atoms with Crippen LogP contribution >= 0.6 is 0 Å². The minimum absolute atomic E-state index is 0.226. The molecule has 2 rings (SSSR count). The molecule has 0 radical (unpaired) electrons. The van der Waals surface area contributed by atoms with Crippen molar-refractivity contribution in [3.8, 4) is 0 Å². The van der Waals surface area contributed by atoms with E-state index < -0.39 is 11.9 Å². The number of nitrogens with zero attached hydrogens (tertiary/aromatic N) is 2. The maximum absolute atomic E-state index is 11.0. The number of aryl methyl sites for hydroxylation is 1. The fraction of sp³-hybridized carbons (Fsp3) is 0.533. The predicted octanol–water partition coefficient (Wildman–Crippen LogP) is 1.47. The van der Waals surface area contributed by atoms with Crippen molar-refractivity contribution in [3.05, 3.63) is 23.9 Å². The zero-order valence-corrected chi connectivity index (χ0v) is 12.9. The van der Waals surface area contributed by atoms with Crippen LogP contribution in [0.25, 0.3) is 0 Å². The van der Waals surface area contributed by atoms with Crippen molar-refractivity contribution in [1.29, 1.82) is 0 Å². The van der Waals surface area contributed by atoms with Gasteiger partial charge in [-0.3, -0.25) is 4.79 Å². The van der Waals surface area contributed by atoms with Crippen molar-refractivity contribution in [2.75, 3.05) is 5.73 Å². The van der Waals surface area contributed by atoms with Crippen LogP contribution in [0.3, 0.4) is 0 Å². The molecule has 7 heteroatoms. The van der Waals surface area contributed by atoms with E-state index in [1.165, 1.54) is 0 Å². The molecule has 0 spiro atoms. The van der Waals surface area contributed by atoms with Gasteiger partial charge in [0.25, 0.3) is 0 Å². The first kappa shape index (κ1) is 17.7. The minimum atomic E-state index is -0.788.